The quantitative estimate of drug-likeness (QED) is 0.715. The summed E-state index contributed by atoms with van der Waals surface area (Å²) in [5.41, 5.74) is 8.16. The lowest BCUT2D eigenvalue weighted by Gasteiger charge is -2.34. The summed E-state index contributed by atoms with van der Waals surface area (Å²) in [5.74, 6) is 0.728. The summed E-state index contributed by atoms with van der Waals surface area (Å²) in [6, 6.07) is 5.96. The summed E-state index contributed by atoms with van der Waals surface area (Å²) < 4.78 is 0. The molecule has 0 spiro atoms. The van der Waals surface area contributed by atoms with Crippen LogP contribution in [-0.2, 0) is 0 Å². The van der Waals surface area contributed by atoms with Crippen LogP contribution >= 0.6 is 0 Å². The van der Waals surface area contributed by atoms with Gasteiger partial charge < -0.3 is 16.4 Å². The maximum atomic E-state index is 11.7. The van der Waals surface area contributed by atoms with Crippen LogP contribution in [0.2, 0.25) is 0 Å². The fraction of sp³-hybridized carbons (Fsp3) is 0.500. The SMILES string of the molecule is CCNC(=O)c1ccc(NC2CC(C)C2)c(N)c1. The van der Waals surface area contributed by atoms with E-state index in [0.717, 1.165) is 11.6 Å². The van der Waals surface area contributed by atoms with Gasteiger partial charge in [-0.3, -0.25) is 4.79 Å². The third-order valence-electron chi connectivity index (χ3n) is 3.38. The summed E-state index contributed by atoms with van der Waals surface area (Å²) >= 11 is 0. The van der Waals surface area contributed by atoms with Crippen molar-refractivity contribution in [2.24, 2.45) is 5.92 Å². The largest absolute Gasteiger partial charge is 0.397 e. The van der Waals surface area contributed by atoms with E-state index in [1.807, 2.05) is 19.1 Å². The van der Waals surface area contributed by atoms with Crippen LogP contribution in [0.3, 0.4) is 0 Å². The molecule has 0 heterocycles. The van der Waals surface area contributed by atoms with Crippen LogP contribution in [0.5, 0.6) is 0 Å². The molecule has 0 bridgehead atoms. The smallest absolute Gasteiger partial charge is 0.251 e. The summed E-state index contributed by atoms with van der Waals surface area (Å²) in [6.45, 7) is 4.77. The molecule has 98 valence electrons. The minimum Gasteiger partial charge on any atom is -0.397 e. The Morgan fingerprint density at radius 2 is 2.17 bits per heavy atom. The van der Waals surface area contributed by atoms with Crippen molar-refractivity contribution in [2.75, 3.05) is 17.6 Å². The molecule has 2 rings (SSSR count). The lowest BCUT2D eigenvalue weighted by molar-refractivity contribution is 0.0956. The van der Waals surface area contributed by atoms with Crippen molar-refractivity contribution in [2.45, 2.75) is 32.7 Å². The minimum atomic E-state index is -0.0759. The van der Waals surface area contributed by atoms with Crippen LogP contribution < -0.4 is 16.4 Å². The highest BCUT2D eigenvalue weighted by molar-refractivity contribution is 5.96. The zero-order valence-electron chi connectivity index (χ0n) is 11.0. The number of nitrogens with one attached hydrogen (secondary N) is 2. The van der Waals surface area contributed by atoms with Gasteiger partial charge >= 0.3 is 0 Å². The Kier molecular flexibility index (Phi) is 3.75. The number of rotatable bonds is 4. The molecule has 4 heteroatoms. The van der Waals surface area contributed by atoms with E-state index in [0.29, 0.717) is 23.8 Å². The van der Waals surface area contributed by atoms with Crippen LogP contribution in [0.15, 0.2) is 18.2 Å². The van der Waals surface area contributed by atoms with Crippen LogP contribution in [0.4, 0.5) is 11.4 Å². The van der Waals surface area contributed by atoms with E-state index in [9.17, 15) is 4.79 Å². The molecule has 0 unspecified atom stereocenters. The Bertz CT molecular complexity index is 439. The maximum Gasteiger partial charge on any atom is 0.251 e. The monoisotopic (exact) mass is 247 g/mol. The van der Waals surface area contributed by atoms with E-state index in [1.165, 1.54) is 12.8 Å². The van der Waals surface area contributed by atoms with Gasteiger partial charge in [-0.05, 0) is 43.9 Å². The van der Waals surface area contributed by atoms with Crippen LogP contribution in [0.1, 0.15) is 37.0 Å². The molecule has 1 aliphatic carbocycles. The second kappa shape index (κ2) is 5.29. The second-order valence-corrected chi connectivity index (χ2v) is 5.08. The first-order chi connectivity index (χ1) is 8.60. The molecule has 0 radical (unpaired) electrons. The van der Waals surface area contributed by atoms with E-state index in [-0.39, 0.29) is 5.91 Å². The van der Waals surface area contributed by atoms with Gasteiger partial charge in [0.1, 0.15) is 0 Å². The summed E-state index contributed by atoms with van der Waals surface area (Å²) in [7, 11) is 0. The number of hydrogen-bond donors (Lipinski definition) is 3. The van der Waals surface area contributed by atoms with Gasteiger partial charge in [-0.1, -0.05) is 6.92 Å². The molecule has 18 heavy (non-hydrogen) atoms. The van der Waals surface area contributed by atoms with Gasteiger partial charge in [-0.15, -0.1) is 0 Å². The lowest BCUT2D eigenvalue weighted by Crippen LogP contribution is -2.34. The van der Waals surface area contributed by atoms with Crippen molar-refractivity contribution in [3.05, 3.63) is 23.8 Å². The Morgan fingerprint density at radius 1 is 1.44 bits per heavy atom. The molecular weight excluding hydrogens is 226 g/mol. The van der Waals surface area contributed by atoms with E-state index in [4.69, 9.17) is 5.73 Å². The molecule has 1 saturated carbocycles. The van der Waals surface area contributed by atoms with E-state index in [2.05, 4.69) is 17.6 Å². The van der Waals surface area contributed by atoms with Gasteiger partial charge in [0.15, 0.2) is 0 Å². The molecule has 1 aromatic carbocycles. The number of carbonyl (C=O) groups excluding carboxylic acids is 1. The number of carbonyl (C=O) groups is 1. The molecule has 1 fully saturated rings. The summed E-state index contributed by atoms with van der Waals surface area (Å²) in [5, 5.41) is 6.18. The van der Waals surface area contributed by atoms with Crippen molar-refractivity contribution in [3.8, 4) is 0 Å². The first kappa shape index (κ1) is 12.7. The van der Waals surface area contributed by atoms with Crippen molar-refractivity contribution in [3.63, 3.8) is 0 Å². The van der Waals surface area contributed by atoms with Crippen molar-refractivity contribution >= 4 is 17.3 Å². The fourth-order valence-electron chi connectivity index (χ4n) is 2.34. The van der Waals surface area contributed by atoms with Crippen molar-refractivity contribution in [1.29, 1.82) is 0 Å². The first-order valence-electron chi connectivity index (χ1n) is 6.54. The first-order valence-corrected chi connectivity index (χ1v) is 6.54. The molecule has 1 aliphatic rings. The topological polar surface area (TPSA) is 67.2 Å². The highest BCUT2D eigenvalue weighted by Crippen LogP contribution is 2.31. The second-order valence-electron chi connectivity index (χ2n) is 5.08. The molecule has 1 amide bonds. The minimum absolute atomic E-state index is 0.0759. The summed E-state index contributed by atoms with van der Waals surface area (Å²) in [6.07, 6.45) is 2.38. The Morgan fingerprint density at radius 3 is 2.72 bits per heavy atom. The standard InChI is InChI=1S/C14H21N3O/c1-3-16-14(18)10-4-5-13(12(15)8-10)17-11-6-9(2)7-11/h4-5,8-9,11,17H,3,6-7,15H2,1-2H3,(H,16,18). The average molecular weight is 247 g/mol. The molecule has 0 saturated heterocycles. The Hall–Kier alpha value is -1.71. The zero-order valence-corrected chi connectivity index (χ0v) is 11.0. The average Bonchev–Trinajstić information content (AvgIpc) is 2.29. The third-order valence-corrected chi connectivity index (χ3v) is 3.38. The van der Waals surface area contributed by atoms with Gasteiger partial charge in [0.2, 0.25) is 0 Å². The molecule has 4 N–H and O–H groups in total. The van der Waals surface area contributed by atoms with Crippen LogP contribution in [-0.4, -0.2) is 18.5 Å². The number of anilines is 2. The van der Waals surface area contributed by atoms with Gasteiger partial charge in [-0.2, -0.15) is 0 Å². The molecule has 0 aromatic heterocycles. The number of benzene rings is 1. The summed E-state index contributed by atoms with van der Waals surface area (Å²) in [4.78, 5) is 11.7. The molecule has 0 atom stereocenters. The Balaban J connectivity index is 2.03. The third kappa shape index (κ3) is 2.75. The highest BCUT2D eigenvalue weighted by atomic mass is 16.1. The number of hydrogen-bond acceptors (Lipinski definition) is 3. The Labute approximate surface area is 108 Å². The van der Waals surface area contributed by atoms with Gasteiger partial charge in [0.05, 0.1) is 11.4 Å². The van der Waals surface area contributed by atoms with Gasteiger partial charge in [0.25, 0.3) is 5.91 Å². The molecular formula is C14H21N3O. The fourth-order valence-corrected chi connectivity index (χ4v) is 2.34. The zero-order chi connectivity index (χ0) is 13.1. The van der Waals surface area contributed by atoms with E-state index >= 15 is 0 Å². The maximum absolute atomic E-state index is 11.7. The predicted octanol–water partition coefficient (Wildman–Crippen LogP) is 2.23. The van der Waals surface area contributed by atoms with Crippen LogP contribution in [0.25, 0.3) is 0 Å². The normalized spacial score (nSPS) is 22.1. The lowest BCUT2D eigenvalue weighted by atomic mass is 9.82. The highest BCUT2D eigenvalue weighted by Gasteiger charge is 2.25. The predicted molar refractivity (Wildman–Crippen MR) is 74.7 cm³/mol. The van der Waals surface area contributed by atoms with E-state index < -0.39 is 0 Å². The molecule has 0 aliphatic heterocycles. The van der Waals surface area contributed by atoms with E-state index in [1.54, 1.807) is 6.07 Å². The molecule has 4 nitrogen and oxygen atoms in total. The van der Waals surface area contributed by atoms with Gasteiger partial charge in [-0.25, -0.2) is 0 Å². The molecule has 1 aromatic rings. The number of amides is 1. The van der Waals surface area contributed by atoms with Gasteiger partial charge in [0, 0.05) is 18.2 Å². The van der Waals surface area contributed by atoms with Crippen molar-refractivity contribution < 1.29 is 4.79 Å². The number of nitrogen functional groups attached to an aromatic ring is 1. The number of nitrogens with two attached hydrogens (primary N) is 1. The van der Waals surface area contributed by atoms with Crippen molar-refractivity contribution in [1.82, 2.24) is 5.32 Å². The van der Waals surface area contributed by atoms with Crippen LogP contribution in [0, 0.1) is 5.92 Å².